The van der Waals surface area contributed by atoms with Gasteiger partial charge < -0.3 is 10.1 Å². The van der Waals surface area contributed by atoms with Gasteiger partial charge >= 0.3 is 0 Å². The molecule has 1 aromatic rings. The van der Waals surface area contributed by atoms with E-state index < -0.39 is 5.82 Å². The predicted molar refractivity (Wildman–Crippen MR) is 62.4 cm³/mol. The van der Waals surface area contributed by atoms with Crippen molar-refractivity contribution in [1.29, 1.82) is 0 Å². The monoisotopic (exact) mass is 227 g/mol. The third-order valence-corrected chi connectivity index (χ3v) is 1.92. The SMILES string of the molecule is CC.CNC(=O)c1cc(C)c(OC)c(F)c1. The molecule has 1 aromatic carbocycles. The van der Waals surface area contributed by atoms with Crippen LogP contribution in [0.15, 0.2) is 12.1 Å². The van der Waals surface area contributed by atoms with Crippen LogP contribution in [-0.2, 0) is 0 Å². The Morgan fingerprint density at radius 3 is 2.31 bits per heavy atom. The maximum Gasteiger partial charge on any atom is 0.251 e. The Morgan fingerprint density at radius 1 is 1.38 bits per heavy atom. The van der Waals surface area contributed by atoms with E-state index in [9.17, 15) is 9.18 Å². The fraction of sp³-hybridized carbons (Fsp3) is 0.417. The molecule has 0 aliphatic heterocycles. The fourth-order valence-electron chi connectivity index (χ4n) is 1.26. The van der Waals surface area contributed by atoms with Gasteiger partial charge in [0.1, 0.15) is 0 Å². The molecule has 0 saturated carbocycles. The Kier molecular flexibility index (Phi) is 6.15. The molecule has 0 fully saturated rings. The van der Waals surface area contributed by atoms with Crippen molar-refractivity contribution < 1.29 is 13.9 Å². The summed E-state index contributed by atoms with van der Waals surface area (Å²) in [4.78, 5) is 11.2. The summed E-state index contributed by atoms with van der Waals surface area (Å²) in [6.07, 6.45) is 0. The van der Waals surface area contributed by atoms with Crippen LogP contribution in [0.1, 0.15) is 29.8 Å². The molecule has 0 heterocycles. The second kappa shape index (κ2) is 6.82. The largest absolute Gasteiger partial charge is 0.493 e. The Bertz CT molecular complexity index is 341. The van der Waals surface area contributed by atoms with Crippen molar-refractivity contribution in [2.24, 2.45) is 0 Å². The van der Waals surface area contributed by atoms with E-state index in [0.29, 0.717) is 11.1 Å². The smallest absolute Gasteiger partial charge is 0.251 e. The molecule has 3 nitrogen and oxygen atoms in total. The van der Waals surface area contributed by atoms with Crippen molar-refractivity contribution in [3.63, 3.8) is 0 Å². The number of carbonyl (C=O) groups excluding carboxylic acids is 1. The number of hydrogen-bond donors (Lipinski definition) is 1. The molecule has 1 N–H and O–H groups in total. The van der Waals surface area contributed by atoms with E-state index in [0.717, 1.165) is 6.07 Å². The molecule has 0 aromatic heterocycles. The Hall–Kier alpha value is -1.58. The number of nitrogens with one attached hydrogen (secondary N) is 1. The zero-order chi connectivity index (χ0) is 12.7. The number of halogens is 1. The zero-order valence-electron chi connectivity index (χ0n) is 10.3. The van der Waals surface area contributed by atoms with Gasteiger partial charge in [0.15, 0.2) is 11.6 Å². The molecular weight excluding hydrogens is 209 g/mol. The topological polar surface area (TPSA) is 38.3 Å². The molecule has 1 rings (SSSR count). The van der Waals surface area contributed by atoms with E-state index in [4.69, 9.17) is 4.74 Å². The summed E-state index contributed by atoms with van der Waals surface area (Å²) in [5.41, 5.74) is 0.898. The highest BCUT2D eigenvalue weighted by molar-refractivity contribution is 5.94. The van der Waals surface area contributed by atoms with Gasteiger partial charge in [0.25, 0.3) is 5.91 Å². The molecule has 0 aliphatic carbocycles. The van der Waals surface area contributed by atoms with Crippen molar-refractivity contribution in [3.05, 3.63) is 29.1 Å². The van der Waals surface area contributed by atoms with Crippen molar-refractivity contribution >= 4 is 5.91 Å². The van der Waals surface area contributed by atoms with Crippen LogP contribution in [0.2, 0.25) is 0 Å². The lowest BCUT2D eigenvalue weighted by Gasteiger charge is -2.07. The van der Waals surface area contributed by atoms with Crippen LogP contribution in [0.5, 0.6) is 5.75 Å². The number of carbonyl (C=O) groups is 1. The average Bonchev–Trinajstić information content (AvgIpc) is 2.30. The third-order valence-electron chi connectivity index (χ3n) is 1.92. The lowest BCUT2D eigenvalue weighted by atomic mass is 10.1. The highest BCUT2D eigenvalue weighted by atomic mass is 19.1. The van der Waals surface area contributed by atoms with Gasteiger partial charge in [-0.15, -0.1) is 0 Å². The van der Waals surface area contributed by atoms with E-state index in [2.05, 4.69) is 5.32 Å². The first-order valence-electron chi connectivity index (χ1n) is 5.16. The second-order valence-corrected chi connectivity index (χ2v) is 2.89. The van der Waals surface area contributed by atoms with Gasteiger partial charge in [-0.25, -0.2) is 4.39 Å². The van der Waals surface area contributed by atoms with Crippen molar-refractivity contribution in [1.82, 2.24) is 5.32 Å². The number of aryl methyl sites for hydroxylation is 1. The minimum Gasteiger partial charge on any atom is -0.493 e. The molecule has 0 bridgehead atoms. The molecule has 0 unspecified atom stereocenters. The Balaban J connectivity index is 0.00000106. The van der Waals surface area contributed by atoms with Gasteiger partial charge in [-0.1, -0.05) is 13.8 Å². The molecule has 1 amide bonds. The van der Waals surface area contributed by atoms with Crippen LogP contribution in [0.3, 0.4) is 0 Å². The predicted octanol–water partition coefficient (Wildman–Crippen LogP) is 2.53. The summed E-state index contributed by atoms with van der Waals surface area (Å²) in [7, 11) is 2.89. The summed E-state index contributed by atoms with van der Waals surface area (Å²) in [5.74, 6) is -0.654. The lowest BCUT2D eigenvalue weighted by Crippen LogP contribution is -2.18. The Labute approximate surface area is 95.6 Å². The van der Waals surface area contributed by atoms with Crippen LogP contribution >= 0.6 is 0 Å². The molecule has 0 atom stereocenters. The minimum atomic E-state index is -0.522. The van der Waals surface area contributed by atoms with Crippen LogP contribution < -0.4 is 10.1 Å². The van der Waals surface area contributed by atoms with E-state index in [1.807, 2.05) is 13.8 Å². The van der Waals surface area contributed by atoms with Crippen molar-refractivity contribution in [2.45, 2.75) is 20.8 Å². The van der Waals surface area contributed by atoms with E-state index in [1.165, 1.54) is 14.2 Å². The van der Waals surface area contributed by atoms with Gasteiger partial charge in [0.05, 0.1) is 7.11 Å². The quantitative estimate of drug-likeness (QED) is 0.843. The molecular formula is C12H18FNO2. The van der Waals surface area contributed by atoms with Gasteiger partial charge in [-0.2, -0.15) is 0 Å². The number of benzene rings is 1. The molecule has 16 heavy (non-hydrogen) atoms. The molecule has 0 radical (unpaired) electrons. The molecule has 0 saturated heterocycles. The number of hydrogen-bond acceptors (Lipinski definition) is 2. The molecule has 4 heteroatoms. The minimum absolute atomic E-state index is 0.178. The number of methoxy groups -OCH3 is 1. The summed E-state index contributed by atoms with van der Waals surface area (Å²) in [5, 5.41) is 2.43. The molecule has 0 aliphatic rings. The van der Waals surface area contributed by atoms with Crippen LogP contribution in [0, 0.1) is 12.7 Å². The highest BCUT2D eigenvalue weighted by Crippen LogP contribution is 2.23. The van der Waals surface area contributed by atoms with Crippen LogP contribution in [0.4, 0.5) is 4.39 Å². The number of amides is 1. The lowest BCUT2D eigenvalue weighted by molar-refractivity contribution is 0.0962. The first kappa shape index (κ1) is 14.4. The average molecular weight is 227 g/mol. The van der Waals surface area contributed by atoms with Crippen molar-refractivity contribution in [3.8, 4) is 5.75 Å². The third kappa shape index (κ3) is 3.22. The highest BCUT2D eigenvalue weighted by Gasteiger charge is 2.11. The summed E-state index contributed by atoms with van der Waals surface area (Å²) >= 11 is 0. The number of rotatable bonds is 2. The molecule has 0 spiro atoms. The summed E-state index contributed by atoms with van der Waals surface area (Å²) < 4.78 is 18.1. The van der Waals surface area contributed by atoms with Gasteiger partial charge in [-0.3, -0.25) is 4.79 Å². The van der Waals surface area contributed by atoms with Crippen LogP contribution in [0.25, 0.3) is 0 Å². The first-order chi connectivity index (χ1) is 7.60. The van der Waals surface area contributed by atoms with E-state index in [-0.39, 0.29) is 11.7 Å². The van der Waals surface area contributed by atoms with E-state index >= 15 is 0 Å². The standard InChI is InChI=1S/C10H12FNO2.C2H6/c1-6-4-7(10(13)12-2)5-8(11)9(6)14-3;1-2/h4-5H,1-3H3,(H,12,13);1-2H3. The van der Waals surface area contributed by atoms with Crippen molar-refractivity contribution in [2.75, 3.05) is 14.2 Å². The number of ether oxygens (including phenoxy) is 1. The summed E-state index contributed by atoms with van der Waals surface area (Å²) in [6, 6.07) is 2.74. The Morgan fingerprint density at radius 2 is 1.94 bits per heavy atom. The van der Waals surface area contributed by atoms with Gasteiger partial charge in [-0.05, 0) is 24.6 Å². The molecule has 90 valence electrons. The zero-order valence-corrected chi connectivity index (χ0v) is 10.3. The maximum absolute atomic E-state index is 13.3. The van der Waals surface area contributed by atoms with Crippen LogP contribution in [-0.4, -0.2) is 20.1 Å². The first-order valence-corrected chi connectivity index (χ1v) is 5.16. The van der Waals surface area contributed by atoms with Gasteiger partial charge in [0, 0.05) is 12.6 Å². The summed E-state index contributed by atoms with van der Waals surface area (Å²) in [6.45, 7) is 5.69. The maximum atomic E-state index is 13.3. The fourth-order valence-corrected chi connectivity index (χ4v) is 1.26. The normalized spacial score (nSPS) is 8.88. The second-order valence-electron chi connectivity index (χ2n) is 2.89. The van der Waals surface area contributed by atoms with E-state index in [1.54, 1.807) is 13.0 Å². The van der Waals surface area contributed by atoms with Gasteiger partial charge in [0.2, 0.25) is 0 Å².